The van der Waals surface area contributed by atoms with Crippen LogP contribution in [0.15, 0.2) is 79.4 Å². The number of halogens is 4. The molecular weight excluding hydrogens is 440 g/mol. The van der Waals surface area contributed by atoms with Gasteiger partial charge in [0.25, 0.3) is 5.91 Å². The lowest BCUT2D eigenvalue weighted by atomic mass is 10.1. The van der Waals surface area contributed by atoms with Gasteiger partial charge in [-0.2, -0.15) is 13.2 Å². The first kappa shape index (κ1) is 21.9. The fourth-order valence-corrected chi connectivity index (χ4v) is 2.95. The molecule has 4 rings (SSSR count). The minimum Gasteiger partial charge on any atom is -0.438 e. The lowest BCUT2D eigenvalue weighted by molar-refractivity contribution is -0.139. The number of amides is 1. The molecule has 0 unspecified atom stereocenters. The highest BCUT2D eigenvalue weighted by Gasteiger charge is 2.34. The second-order valence-electron chi connectivity index (χ2n) is 6.73. The van der Waals surface area contributed by atoms with Crippen LogP contribution in [0.1, 0.15) is 15.9 Å². The molecule has 2 heterocycles. The van der Waals surface area contributed by atoms with Gasteiger partial charge in [-0.25, -0.2) is 19.3 Å². The first-order chi connectivity index (χ1) is 15.8. The van der Waals surface area contributed by atoms with Crippen LogP contribution in [-0.4, -0.2) is 20.9 Å². The van der Waals surface area contributed by atoms with Crippen LogP contribution in [0.25, 0.3) is 11.3 Å². The van der Waals surface area contributed by atoms with Crippen molar-refractivity contribution in [2.24, 2.45) is 0 Å². The van der Waals surface area contributed by atoms with E-state index in [0.29, 0.717) is 23.4 Å². The van der Waals surface area contributed by atoms with E-state index in [0.717, 1.165) is 6.07 Å². The van der Waals surface area contributed by atoms with Crippen molar-refractivity contribution in [3.8, 4) is 22.9 Å². The van der Waals surface area contributed by atoms with Gasteiger partial charge in [0.15, 0.2) is 0 Å². The summed E-state index contributed by atoms with van der Waals surface area (Å²) in [6.45, 7) is 0. The van der Waals surface area contributed by atoms with Crippen molar-refractivity contribution in [3.63, 3.8) is 0 Å². The third kappa shape index (κ3) is 5.12. The van der Waals surface area contributed by atoms with Crippen molar-refractivity contribution in [1.29, 1.82) is 0 Å². The molecule has 0 fully saturated rings. The number of anilines is 1. The van der Waals surface area contributed by atoms with E-state index in [1.54, 1.807) is 36.5 Å². The molecule has 0 aliphatic heterocycles. The average Bonchev–Trinajstić information content (AvgIpc) is 2.81. The molecule has 0 aliphatic carbocycles. The third-order valence-corrected chi connectivity index (χ3v) is 4.47. The largest absolute Gasteiger partial charge is 0.438 e. The first-order valence-corrected chi connectivity index (χ1v) is 9.49. The topological polar surface area (TPSA) is 77.0 Å². The van der Waals surface area contributed by atoms with Gasteiger partial charge in [-0.05, 0) is 54.6 Å². The van der Waals surface area contributed by atoms with Crippen LogP contribution in [0.4, 0.5) is 23.2 Å². The predicted molar refractivity (Wildman–Crippen MR) is 111 cm³/mol. The van der Waals surface area contributed by atoms with Gasteiger partial charge in [0.2, 0.25) is 5.88 Å². The summed E-state index contributed by atoms with van der Waals surface area (Å²) >= 11 is 0. The molecule has 0 aliphatic rings. The molecule has 10 heteroatoms. The number of nitrogens with one attached hydrogen (secondary N) is 1. The van der Waals surface area contributed by atoms with E-state index >= 15 is 0 Å². The minimum absolute atomic E-state index is 0.116. The van der Waals surface area contributed by atoms with Gasteiger partial charge in [-0.1, -0.05) is 6.07 Å². The molecule has 1 N–H and O–H groups in total. The second-order valence-corrected chi connectivity index (χ2v) is 6.73. The van der Waals surface area contributed by atoms with E-state index in [1.165, 1.54) is 24.7 Å². The SMILES string of the molecule is O=C(Nc1ccc(F)c(C(F)(F)F)c1)c1cccc(Oc2ncccc2-c2ccncn2)c1. The monoisotopic (exact) mass is 454 g/mol. The van der Waals surface area contributed by atoms with Crippen LogP contribution < -0.4 is 10.1 Å². The Kier molecular flexibility index (Phi) is 5.99. The standard InChI is InChI=1S/C23H14F4N4O2/c24-19-7-6-15(12-18(19)23(25,26)27)31-21(32)14-3-1-4-16(11-14)33-22-17(5-2-9-29-22)20-8-10-28-13-30-20/h1-13H,(H,31,32). The second kappa shape index (κ2) is 9.03. The number of hydrogen-bond acceptors (Lipinski definition) is 5. The lowest BCUT2D eigenvalue weighted by Gasteiger charge is -2.12. The summed E-state index contributed by atoms with van der Waals surface area (Å²) in [5, 5.41) is 2.33. The fraction of sp³-hybridized carbons (Fsp3) is 0.0435. The Morgan fingerprint density at radius 3 is 2.55 bits per heavy atom. The molecule has 2 aromatic carbocycles. The van der Waals surface area contributed by atoms with Crippen molar-refractivity contribution in [2.45, 2.75) is 6.18 Å². The molecular formula is C23H14F4N4O2. The molecule has 2 aromatic heterocycles. The Hall–Kier alpha value is -4.34. The minimum atomic E-state index is -4.89. The van der Waals surface area contributed by atoms with Crippen molar-refractivity contribution in [1.82, 2.24) is 15.0 Å². The fourth-order valence-electron chi connectivity index (χ4n) is 2.95. The lowest BCUT2D eigenvalue weighted by Crippen LogP contribution is -2.14. The van der Waals surface area contributed by atoms with Crippen molar-refractivity contribution >= 4 is 11.6 Å². The molecule has 0 bridgehead atoms. The maximum atomic E-state index is 13.5. The highest BCUT2D eigenvalue weighted by Crippen LogP contribution is 2.33. The summed E-state index contributed by atoms with van der Waals surface area (Å²) in [4.78, 5) is 24.8. The summed E-state index contributed by atoms with van der Waals surface area (Å²) in [6, 6.07) is 13.4. The summed E-state index contributed by atoms with van der Waals surface area (Å²) in [5.41, 5.74) is -0.370. The number of rotatable bonds is 5. The average molecular weight is 454 g/mol. The van der Waals surface area contributed by atoms with Gasteiger partial charge in [-0.15, -0.1) is 0 Å². The number of ether oxygens (including phenoxy) is 1. The predicted octanol–water partition coefficient (Wildman–Crippen LogP) is 5.74. The van der Waals surface area contributed by atoms with Gasteiger partial charge in [0, 0.05) is 23.6 Å². The van der Waals surface area contributed by atoms with Crippen LogP contribution >= 0.6 is 0 Å². The molecule has 4 aromatic rings. The maximum absolute atomic E-state index is 13.5. The first-order valence-electron chi connectivity index (χ1n) is 9.49. The van der Waals surface area contributed by atoms with Crippen molar-refractivity contribution in [3.05, 3.63) is 96.3 Å². The Balaban J connectivity index is 1.56. The van der Waals surface area contributed by atoms with Crippen LogP contribution in [0, 0.1) is 5.82 Å². The van der Waals surface area contributed by atoms with Gasteiger partial charge >= 0.3 is 6.18 Å². The van der Waals surface area contributed by atoms with Crippen LogP contribution in [0.3, 0.4) is 0 Å². The van der Waals surface area contributed by atoms with E-state index in [2.05, 4.69) is 20.3 Å². The summed E-state index contributed by atoms with van der Waals surface area (Å²) in [7, 11) is 0. The number of aromatic nitrogens is 3. The Morgan fingerprint density at radius 1 is 0.939 bits per heavy atom. The van der Waals surface area contributed by atoms with E-state index in [9.17, 15) is 22.4 Å². The molecule has 33 heavy (non-hydrogen) atoms. The highest BCUT2D eigenvalue weighted by atomic mass is 19.4. The normalized spacial score (nSPS) is 11.2. The quantitative estimate of drug-likeness (QED) is 0.389. The maximum Gasteiger partial charge on any atom is 0.419 e. The van der Waals surface area contributed by atoms with Gasteiger partial charge in [0.05, 0.1) is 16.8 Å². The smallest absolute Gasteiger partial charge is 0.419 e. The molecule has 6 nitrogen and oxygen atoms in total. The van der Waals surface area contributed by atoms with Gasteiger partial charge < -0.3 is 10.1 Å². The summed E-state index contributed by atoms with van der Waals surface area (Å²) in [6.07, 6.45) is -0.396. The van der Waals surface area contributed by atoms with Crippen molar-refractivity contribution in [2.75, 3.05) is 5.32 Å². The molecule has 0 atom stereocenters. The summed E-state index contributed by atoms with van der Waals surface area (Å²) < 4.78 is 58.1. The number of pyridine rings is 1. The van der Waals surface area contributed by atoms with E-state index in [1.807, 2.05) is 0 Å². The molecule has 0 saturated carbocycles. The molecule has 0 spiro atoms. The van der Waals surface area contributed by atoms with Crippen molar-refractivity contribution < 1.29 is 27.1 Å². The molecule has 0 radical (unpaired) electrons. The zero-order chi connectivity index (χ0) is 23.4. The zero-order valence-electron chi connectivity index (χ0n) is 16.7. The number of carbonyl (C=O) groups excluding carboxylic acids is 1. The number of hydrogen-bond donors (Lipinski definition) is 1. The third-order valence-electron chi connectivity index (χ3n) is 4.47. The Labute approximate surface area is 184 Å². The van der Waals surface area contributed by atoms with Crippen LogP contribution in [0.5, 0.6) is 11.6 Å². The molecule has 166 valence electrons. The van der Waals surface area contributed by atoms with Crippen LogP contribution in [-0.2, 0) is 6.18 Å². The molecule has 1 amide bonds. The van der Waals surface area contributed by atoms with E-state index in [-0.39, 0.29) is 22.9 Å². The van der Waals surface area contributed by atoms with Crippen LogP contribution in [0.2, 0.25) is 0 Å². The van der Waals surface area contributed by atoms with E-state index in [4.69, 9.17) is 4.74 Å². The zero-order valence-corrected chi connectivity index (χ0v) is 16.7. The Morgan fingerprint density at radius 2 is 1.79 bits per heavy atom. The number of alkyl halides is 3. The van der Waals surface area contributed by atoms with Gasteiger partial charge in [-0.3, -0.25) is 4.79 Å². The highest BCUT2D eigenvalue weighted by molar-refractivity contribution is 6.04. The Bertz CT molecular complexity index is 1300. The number of carbonyl (C=O) groups is 1. The number of nitrogens with zero attached hydrogens (tertiary/aromatic N) is 3. The molecule has 0 saturated heterocycles. The number of benzene rings is 2. The summed E-state index contributed by atoms with van der Waals surface area (Å²) in [5.74, 6) is -1.61. The van der Waals surface area contributed by atoms with E-state index < -0.39 is 23.5 Å². The van der Waals surface area contributed by atoms with Gasteiger partial charge in [0.1, 0.15) is 17.9 Å².